The van der Waals surface area contributed by atoms with E-state index in [-0.39, 0.29) is 0 Å². The molecule has 0 spiro atoms. The van der Waals surface area contributed by atoms with E-state index >= 15 is 0 Å². The van der Waals surface area contributed by atoms with E-state index in [9.17, 15) is 0 Å². The first kappa shape index (κ1) is 10.7. The Bertz CT molecular complexity index is 243. The van der Waals surface area contributed by atoms with Crippen molar-refractivity contribution < 1.29 is 0 Å². The van der Waals surface area contributed by atoms with Crippen LogP contribution in [-0.4, -0.2) is 6.54 Å². The molecule has 13 heavy (non-hydrogen) atoms. The van der Waals surface area contributed by atoms with Gasteiger partial charge in [0.2, 0.25) is 0 Å². The van der Waals surface area contributed by atoms with Gasteiger partial charge in [-0.3, -0.25) is 0 Å². The lowest BCUT2D eigenvalue weighted by Gasteiger charge is -2.13. The molecule has 1 aromatic carbocycles. The van der Waals surface area contributed by atoms with Gasteiger partial charge in [-0.1, -0.05) is 35.0 Å². The highest BCUT2D eigenvalue weighted by Crippen LogP contribution is 2.16. The van der Waals surface area contributed by atoms with E-state index < -0.39 is 0 Å². The van der Waals surface area contributed by atoms with Crippen LogP contribution in [0.2, 0.25) is 0 Å². The van der Waals surface area contributed by atoms with Gasteiger partial charge in [0.05, 0.1) is 0 Å². The minimum atomic E-state index is 0.452. The number of benzene rings is 1. The van der Waals surface area contributed by atoms with Gasteiger partial charge in [-0.15, -0.1) is 0 Å². The average molecular weight is 242 g/mol. The van der Waals surface area contributed by atoms with Crippen LogP contribution < -0.4 is 5.32 Å². The van der Waals surface area contributed by atoms with Gasteiger partial charge >= 0.3 is 0 Å². The molecule has 0 saturated carbocycles. The van der Waals surface area contributed by atoms with Crippen LogP contribution in [-0.2, 0) is 0 Å². The minimum absolute atomic E-state index is 0.452. The van der Waals surface area contributed by atoms with Crippen LogP contribution in [0.5, 0.6) is 0 Å². The number of hydrogen-bond acceptors (Lipinski definition) is 1. The summed E-state index contributed by atoms with van der Waals surface area (Å²) in [6.45, 7) is 5.46. The molecule has 1 atom stereocenters. The maximum atomic E-state index is 3.45. The van der Waals surface area contributed by atoms with E-state index in [0.29, 0.717) is 6.04 Å². The van der Waals surface area contributed by atoms with Crippen LogP contribution in [0.1, 0.15) is 31.9 Å². The molecule has 1 aromatic rings. The predicted octanol–water partition coefficient (Wildman–Crippen LogP) is 3.51. The minimum Gasteiger partial charge on any atom is -0.310 e. The fourth-order valence-electron chi connectivity index (χ4n) is 1.23. The maximum absolute atomic E-state index is 3.45. The summed E-state index contributed by atoms with van der Waals surface area (Å²) >= 11 is 3.43. The average Bonchev–Trinajstić information content (AvgIpc) is 2.15. The summed E-state index contributed by atoms with van der Waals surface area (Å²) < 4.78 is 1.14. The van der Waals surface area contributed by atoms with Crippen molar-refractivity contribution in [3.05, 3.63) is 34.3 Å². The number of nitrogens with one attached hydrogen (secondary N) is 1. The predicted molar refractivity (Wildman–Crippen MR) is 60.9 cm³/mol. The molecular weight excluding hydrogens is 226 g/mol. The van der Waals surface area contributed by atoms with Gasteiger partial charge < -0.3 is 5.32 Å². The highest BCUT2D eigenvalue weighted by molar-refractivity contribution is 9.10. The Balaban J connectivity index is 2.55. The quantitative estimate of drug-likeness (QED) is 0.851. The zero-order valence-electron chi connectivity index (χ0n) is 8.18. The summed E-state index contributed by atoms with van der Waals surface area (Å²) in [6.07, 6.45) is 1.18. The van der Waals surface area contributed by atoms with Gasteiger partial charge in [0.15, 0.2) is 0 Å². The lowest BCUT2D eigenvalue weighted by atomic mass is 10.1. The number of halogens is 1. The molecule has 0 heterocycles. The van der Waals surface area contributed by atoms with Gasteiger partial charge in [-0.2, -0.15) is 0 Å². The van der Waals surface area contributed by atoms with Crippen molar-refractivity contribution in [2.75, 3.05) is 6.54 Å². The third-order valence-corrected chi connectivity index (χ3v) is 2.60. The van der Waals surface area contributed by atoms with Gasteiger partial charge in [0.25, 0.3) is 0 Å². The monoisotopic (exact) mass is 241 g/mol. The second kappa shape index (κ2) is 5.40. The maximum Gasteiger partial charge on any atom is 0.0291 e. The molecule has 72 valence electrons. The van der Waals surface area contributed by atoms with Crippen molar-refractivity contribution in [2.24, 2.45) is 0 Å². The van der Waals surface area contributed by atoms with Crippen LogP contribution >= 0.6 is 15.9 Å². The van der Waals surface area contributed by atoms with Crippen LogP contribution in [0.3, 0.4) is 0 Å². The summed E-state index contributed by atoms with van der Waals surface area (Å²) in [5.74, 6) is 0. The van der Waals surface area contributed by atoms with E-state index in [0.717, 1.165) is 11.0 Å². The summed E-state index contributed by atoms with van der Waals surface area (Å²) in [5.41, 5.74) is 1.34. The fraction of sp³-hybridized carbons (Fsp3) is 0.455. The third kappa shape index (κ3) is 3.49. The normalized spacial score (nSPS) is 12.8. The molecule has 1 N–H and O–H groups in total. The van der Waals surface area contributed by atoms with Crippen LogP contribution in [0.25, 0.3) is 0 Å². The van der Waals surface area contributed by atoms with Crippen molar-refractivity contribution in [1.29, 1.82) is 0 Å². The Hall–Kier alpha value is -0.340. The Morgan fingerprint density at radius 3 is 2.46 bits per heavy atom. The van der Waals surface area contributed by atoms with E-state index in [1.165, 1.54) is 12.0 Å². The molecule has 2 heteroatoms. The smallest absolute Gasteiger partial charge is 0.0291 e. The van der Waals surface area contributed by atoms with Crippen molar-refractivity contribution in [1.82, 2.24) is 5.32 Å². The van der Waals surface area contributed by atoms with E-state index in [2.05, 4.69) is 59.4 Å². The SMILES string of the molecule is CCCN[C@@H](C)c1ccc(Br)cc1. The first-order valence-electron chi connectivity index (χ1n) is 4.73. The second-order valence-corrected chi connectivity index (χ2v) is 4.14. The lowest BCUT2D eigenvalue weighted by molar-refractivity contribution is 0.570. The number of rotatable bonds is 4. The Labute approximate surface area is 88.7 Å². The Kier molecular flexibility index (Phi) is 4.46. The van der Waals surface area contributed by atoms with Crippen molar-refractivity contribution in [3.63, 3.8) is 0 Å². The van der Waals surface area contributed by atoms with Crippen molar-refractivity contribution >= 4 is 15.9 Å². The standard InChI is InChI=1S/C11H16BrN/c1-3-8-13-9(2)10-4-6-11(12)7-5-10/h4-7,9,13H,3,8H2,1-2H3/t9-/m0/s1. The molecule has 0 unspecified atom stereocenters. The first-order valence-corrected chi connectivity index (χ1v) is 5.52. The summed E-state index contributed by atoms with van der Waals surface area (Å²) in [5, 5.41) is 3.45. The van der Waals surface area contributed by atoms with Crippen molar-refractivity contribution in [3.8, 4) is 0 Å². The topological polar surface area (TPSA) is 12.0 Å². The highest BCUT2D eigenvalue weighted by atomic mass is 79.9. The van der Waals surface area contributed by atoms with Crippen LogP contribution in [0.15, 0.2) is 28.7 Å². The molecular formula is C11H16BrN. The summed E-state index contributed by atoms with van der Waals surface area (Å²) in [4.78, 5) is 0. The third-order valence-electron chi connectivity index (χ3n) is 2.07. The molecule has 0 aliphatic heterocycles. The molecule has 0 radical (unpaired) electrons. The number of hydrogen-bond donors (Lipinski definition) is 1. The van der Waals surface area contributed by atoms with Gasteiger partial charge in [0, 0.05) is 10.5 Å². The van der Waals surface area contributed by atoms with E-state index in [1.807, 2.05) is 0 Å². The zero-order chi connectivity index (χ0) is 9.68. The van der Waals surface area contributed by atoms with Crippen LogP contribution in [0.4, 0.5) is 0 Å². The van der Waals surface area contributed by atoms with Gasteiger partial charge in [-0.05, 0) is 37.6 Å². The molecule has 0 amide bonds. The summed E-state index contributed by atoms with van der Waals surface area (Å²) in [6, 6.07) is 8.92. The Morgan fingerprint density at radius 1 is 1.31 bits per heavy atom. The molecule has 0 aromatic heterocycles. The van der Waals surface area contributed by atoms with Crippen molar-refractivity contribution in [2.45, 2.75) is 26.3 Å². The van der Waals surface area contributed by atoms with Gasteiger partial charge in [0.1, 0.15) is 0 Å². The molecule has 1 nitrogen and oxygen atoms in total. The van der Waals surface area contributed by atoms with Crippen LogP contribution in [0, 0.1) is 0 Å². The molecule has 0 aliphatic carbocycles. The molecule has 0 saturated heterocycles. The molecule has 1 rings (SSSR count). The Morgan fingerprint density at radius 2 is 1.92 bits per heavy atom. The largest absolute Gasteiger partial charge is 0.310 e. The van der Waals surface area contributed by atoms with E-state index in [1.54, 1.807) is 0 Å². The summed E-state index contributed by atoms with van der Waals surface area (Å²) in [7, 11) is 0. The molecule has 0 aliphatic rings. The first-order chi connectivity index (χ1) is 6.24. The molecule has 0 fully saturated rings. The highest BCUT2D eigenvalue weighted by Gasteiger charge is 2.02. The van der Waals surface area contributed by atoms with E-state index in [4.69, 9.17) is 0 Å². The zero-order valence-corrected chi connectivity index (χ0v) is 9.76. The van der Waals surface area contributed by atoms with Gasteiger partial charge in [-0.25, -0.2) is 0 Å². The second-order valence-electron chi connectivity index (χ2n) is 3.23. The molecule has 0 bridgehead atoms. The fourth-order valence-corrected chi connectivity index (χ4v) is 1.49. The lowest BCUT2D eigenvalue weighted by Crippen LogP contribution is -2.19.